The summed E-state index contributed by atoms with van der Waals surface area (Å²) in [7, 11) is 0. The summed E-state index contributed by atoms with van der Waals surface area (Å²) in [4.78, 5) is 29.5. The Bertz CT molecular complexity index is 393. The van der Waals surface area contributed by atoms with Crippen molar-refractivity contribution in [1.29, 1.82) is 0 Å². The van der Waals surface area contributed by atoms with Gasteiger partial charge in [0.05, 0.1) is 11.3 Å². The van der Waals surface area contributed by atoms with Crippen molar-refractivity contribution in [2.45, 2.75) is 19.8 Å². The molecule has 0 atom stereocenters. The molecule has 0 aliphatic rings. The van der Waals surface area contributed by atoms with E-state index in [1.54, 1.807) is 6.92 Å². The highest BCUT2D eigenvalue weighted by Crippen LogP contribution is 2.01. The van der Waals surface area contributed by atoms with Gasteiger partial charge in [0, 0.05) is 19.2 Å². The number of carboxylic acid groups (broad SMARTS) is 1. The topological polar surface area (TPSA) is 92.2 Å². The Morgan fingerprint density at radius 3 is 2.88 bits per heavy atom. The van der Waals surface area contributed by atoms with Gasteiger partial charge in [0.1, 0.15) is 6.33 Å². The van der Waals surface area contributed by atoms with E-state index in [-0.39, 0.29) is 12.3 Å². The molecule has 6 nitrogen and oxygen atoms in total. The quantitative estimate of drug-likeness (QED) is 0.704. The lowest BCUT2D eigenvalue weighted by atomic mass is 10.2. The summed E-state index contributed by atoms with van der Waals surface area (Å²) in [5.74, 6) is -1.14. The van der Waals surface area contributed by atoms with Gasteiger partial charge in [-0.2, -0.15) is 0 Å². The summed E-state index contributed by atoms with van der Waals surface area (Å²) in [5, 5.41) is 11.0. The fraction of sp³-hybridized carbons (Fsp3) is 0.400. The molecule has 0 aliphatic carbocycles. The minimum Gasteiger partial charge on any atom is -0.481 e. The second kappa shape index (κ2) is 5.79. The Balaban J connectivity index is 2.41. The fourth-order valence-electron chi connectivity index (χ4n) is 1.15. The first-order chi connectivity index (χ1) is 7.61. The molecule has 86 valence electrons. The molecule has 1 rings (SSSR count). The summed E-state index contributed by atoms with van der Waals surface area (Å²) < 4.78 is 0. The maximum absolute atomic E-state index is 11.6. The van der Waals surface area contributed by atoms with Gasteiger partial charge in [0.25, 0.3) is 5.91 Å². The van der Waals surface area contributed by atoms with Crippen LogP contribution in [0.25, 0.3) is 0 Å². The van der Waals surface area contributed by atoms with Crippen LogP contribution in [0.2, 0.25) is 0 Å². The molecule has 0 aliphatic heterocycles. The third kappa shape index (κ3) is 3.64. The van der Waals surface area contributed by atoms with Gasteiger partial charge in [0.15, 0.2) is 0 Å². The average molecular weight is 223 g/mol. The molecule has 16 heavy (non-hydrogen) atoms. The number of nitrogens with zero attached hydrogens (tertiary/aromatic N) is 2. The van der Waals surface area contributed by atoms with Crippen molar-refractivity contribution in [3.8, 4) is 0 Å². The number of rotatable bonds is 5. The van der Waals surface area contributed by atoms with Crippen LogP contribution in [0.4, 0.5) is 0 Å². The van der Waals surface area contributed by atoms with Crippen LogP contribution >= 0.6 is 0 Å². The number of aryl methyl sites for hydroxylation is 1. The maximum atomic E-state index is 11.6. The van der Waals surface area contributed by atoms with Crippen LogP contribution in [-0.4, -0.2) is 33.5 Å². The van der Waals surface area contributed by atoms with E-state index in [9.17, 15) is 9.59 Å². The summed E-state index contributed by atoms with van der Waals surface area (Å²) >= 11 is 0. The third-order valence-electron chi connectivity index (χ3n) is 2.01. The molecule has 2 N–H and O–H groups in total. The largest absolute Gasteiger partial charge is 0.481 e. The van der Waals surface area contributed by atoms with Gasteiger partial charge in [-0.05, 0) is 13.3 Å². The molecule has 0 saturated carbocycles. The van der Waals surface area contributed by atoms with E-state index in [0.29, 0.717) is 24.2 Å². The number of aromatic nitrogens is 2. The van der Waals surface area contributed by atoms with E-state index < -0.39 is 5.97 Å². The number of amides is 1. The highest BCUT2D eigenvalue weighted by molar-refractivity contribution is 5.94. The Morgan fingerprint density at radius 2 is 2.25 bits per heavy atom. The highest BCUT2D eigenvalue weighted by Gasteiger charge is 2.08. The second-order valence-electron chi connectivity index (χ2n) is 3.28. The average Bonchev–Trinajstić information content (AvgIpc) is 2.24. The minimum absolute atomic E-state index is 0.0462. The number of carbonyl (C=O) groups excluding carboxylic acids is 1. The molecule has 1 amide bonds. The van der Waals surface area contributed by atoms with Gasteiger partial charge in [-0.15, -0.1) is 0 Å². The molecule has 1 aromatic heterocycles. The zero-order valence-electron chi connectivity index (χ0n) is 8.93. The van der Waals surface area contributed by atoms with E-state index in [0.717, 1.165) is 0 Å². The van der Waals surface area contributed by atoms with Crippen molar-refractivity contribution in [2.24, 2.45) is 0 Å². The molecule has 1 heterocycles. The SMILES string of the molecule is Cc1ncncc1C(=O)NCCCC(=O)O. The molecule has 0 spiro atoms. The number of aliphatic carboxylic acids is 1. The standard InChI is InChI=1S/C10H13N3O3/c1-7-8(5-11-6-13-7)10(16)12-4-2-3-9(14)15/h5-6H,2-4H2,1H3,(H,12,16)(H,14,15). The number of nitrogens with one attached hydrogen (secondary N) is 1. The summed E-state index contributed by atoms with van der Waals surface area (Å²) in [6.45, 7) is 2.05. The lowest BCUT2D eigenvalue weighted by molar-refractivity contribution is -0.137. The van der Waals surface area contributed by atoms with Crippen LogP contribution in [0.3, 0.4) is 0 Å². The molecule has 0 aromatic carbocycles. The van der Waals surface area contributed by atoms with Crippen molar-refractivity contribution in [1.82, 2.24) is 15.3 Å². The monoisotopic (exact) mass is 223 g/mol. The number of hydrogen-bond donors (Lipinski definition) is 2. The van der Waals surface area contributed by atoms with E-state index in [1.807, 2.05) is 0 Å². The maximum Gasteiger partial charge on any atom is 0.303 e. The number of carboxylic acids is 1. The molecule has 6 heteroatoms. The molecule has 0 radical (unpaired) electrons. The van der Waals surface area contributed by atoms with Crippen molar-refractivity contribution in [2.75, 3.05) is 6.54 Å². The van der Waals surface area contributed by atoms with E-state index in [4.69, 9.17) is 5.11 Å². The van der Waals surface area contributed by atoms with Crippen LogP contribution in [0.15, 0.2) is 12.5 Å². The summed E-state index contributed by atoms with van der Waals surface area (Å²) in [6, 6.07) is 0. The number of hydrogen-bond acceptors (Lipinski definition) is 4. The minimum atomic E-state index is -0.867. The van der Waals surface area contributed by atoms with Gasteiger partial charge in [0.2, 0.25) is 0 Å². The Labute approximate surface area is 92.7 Å². The van der Waals surface area contributed by atoms with Crippen molar-refractivity contribution >= 4 is 11.9 Å². The first-order valence-corrected chi connectivity index (χ1v) is 4.88. The van der Waals surface area contributed by atoms with Crippen molar-refractivity contribution in [3.63, 3.8) is 0 Å². The third-order valence-corrected chi connectivity index (χ3v) is 2.01. The van der Waals surface area contributed by atoms with E-state index >= 15 is 0 Å². The van der Waals surface area contributed by atoms with Crippen molar-refractivity contribution in [3.05, 3.63) is 23.8 Å². The molecule has 0 bridgehead atoms. The van der Waals surface area contributed by atoms with Crippen LogP contribution in [0.1, 0.15) is 28.9 Å². The zero-order chi connectivity index (χ0) is 12.0. The fourth-order valence-corrected chi connectivity index (χ4v) is 1.15. The lowest BCUT2D eigenvalue weighted by Crippen LogP contribution is -2.26. The molecular formula is C10H13N3O3. The Kier molecular flexibility index (Phi) is 4.38. The van der Waals surface area contributed by atoms with E-state index in [2.05, 4.69) is 15.3 Å². The lowest BCUT2D eigenvalue weighted by Gasteiger charge is -2.05. The predicted molar refractivity (Wildman–Crippen MR) is 56.0 cm³/mol. The molecule has 0 saturated heterocycles. The van der Waals surface area contributed by atoms with Crippen molar-refractivity contribution < 1.29 is 14.7 Å². The second-order valence-corrected chi connectivity index (χ2v) is 3.28. The van der Waals surface area contributed by atoms with Gasteiger partial charge < -0.3 is 10.4 Å². The first kappa shape index (κ1) is 12.1. The van der Waals surface area contributed by atoms with Gasteiger partial charge in [-0.1, -0.05) is 0 Å². The van der Waals surface area contributed by atoms with Crippen LogP contribution in [0, 0.1) is 6.92 Å². The predicted octanol–water partition coefficient (Wildman–Crippen LogP) is 0.380. The Hall–Kier alpha value is -1.98. The number of carbonyl (C=O) groups is 2. The molecule has 0 fully saturated rings. The van der Waals surface area contributed by atoms with Gasteiger partial charge in [-0.3, -0.25) is 9.59 Å². The molecule has 1 aromatic rings. The van der Waals surface area contributed by atoms with Gasteiger partial charge >= 0.3 is 5.97 Å². The highest BCUT2D eigenvalue weighted by atomic mass is 16.4. The normalized spacial score (nSPS) is 9.81. The zero-order valence-corrected chi connectivity index (χ0v) is 8.93. The van der Waals surface area contributed by atoms with Gasteiger partial charge in [-0.25, -0.2) is 9.97 Å². The van der Waals surface area contributed by atoms with Crippen LogP contribution in [0.5, 0.6) is 0 Å². The van der Waals surface area contributed by atoms with Crippen LogP contribution < -0.4 is 5.32 Å². The van der Waals surface area contributed by atoms with E-state index in [1.165, 1.54) is 12.5 Å². The summed E-state index contributed by atoms with van der Waals surface area (Å²) in [5.41, 5.74) is 1.02. The smallest absolute Gasteiger partial charge is 0.303 e. The summed E-state index contributed by atoms with van der Waals surface area (Å²) in [6.07, 6.45) is 3.27. The Morgan fingerprint density at radius 1 is 1.50 bits per heavy atom. The molecule has 0 unspecified atom stereocenters. The van der Waals surface area contributed by atoms with Crippen LogP contribution in [-0.2, 0) is 4.79 Å². The molecular weight excluding hydrogens is 210 g/mol. The first-order valence-electron chi connectivity index (χ1n) is 4.88.